The maximum atomic E-state index is 12.6. The van der Waals surface area contributed by atoms with Gasteiger partial charge in [0.05, 0.1) is 17.9 Å². The van der Waals surface area contributed by atoms with Gasteiger partial charge in [0.2, 0.25) is 0 Å². The molecule has 0 aliphatic heterocycles. The van der Waals surface area contributed by atoms with E-state index in [1.165, 1.54) is 11.1 Å². The number of hydrogen-bond acceptors (Lipinski definition) is 3. The van der Waals surface area contributed by atoms with Crippen LogP contribution in [0.3, 0.4) is 0 Å². The van der Waals surface area contributed by atoms with E-state index in [-0.39, 0.29) is 17.9 Å². The van der Waals surface area contributed by atoms with E-state index in [9.17, 15) is 4.39 Å². The molecule has 0 saturated heterocycles. The van der Waals surface area contributed by atoms with Crippen LogP contribution in [0.25, 0.3) is 11.3 Å². The quantitative estimate of drug-likeness (QED) is 0.305. The lowest BCUT2D eigenvalue weighted by Crippen LogP contribution is -2.19. The van der Waals surface area contributed by atoms with E-state index in [0.717, 1.165) is 22.7 Å². The lowest BCUT2D eigenvalue weighted by atomic mass is 9.72. The molecule has 4 aromatic rings. The van der Waals surface area contributed by atoms with Gasteiger partial charge >= 0.3 is 0 Å². The average molecular weight is 444 g/mol. The molecule has 1 atom stereocenters. The Kier molecular flexibility index (Phi) is 6.87. The molecule has 0 N–H and O–H groups in total. The van der Waals surface area contributed by atoms with E-state index in [1.54, 1.807) is 10.9 Å². The molecule has 2 heterocycles. The lowest BCUT2D eigenvalue weighted by Gasteiger charge is -2.32. The highest BCUT2D eigenvalue weighted by atomic mass is 19.1. The first-order valence-corrected chi connectivity index (χ1v) is 11.3. The van der Waals surface area contributed by atoms with Gasteiger partial charge in [-0.05, 0) is 46.9 Å². The van der Waals surface area contributed by atoms with E-state index < -0.39 is 6.67 Å². The molecule has 170 valence electrons. The van der Waals surface area contributed by atoms with Crippen LogP contribution in [0.15, 0.2) is 85.2 Å². The number of ether oxygens (including phenoxy) is 1. The molecule has 0 fully saturated rings. The minimum Gasteiger partial charge on any atom is -0.487 e. The monoisotopic (exact) mass is 443 g/mol. The summed E-state index contributed by atoms with van der Waals surface area (Å²) in [6.07, 6.45) is 3.59. The van der Waals surface area contributed by atoms with Gasteiger partial charge in [-0.15, -0.1) is 0 Å². The van der Waals surface area contributed by atoms with Crippen molar-refractivity contribution in [1.82, 2.24) is 14.8 Å². The Labute approximate surface area is 195 Å². The summed E-state index contributed by atoms with van der Waals surface area (Å²) in [4.78, 5) is 4.30. The standard InChI is InChI=1S/C28H30FN3O/c1-28(2,3)27(22-9-7-21(8-10-22)26-15-18-32(31-26)19-16-29)23-11-13-25(14-12-23)33-20-24-6-4-5-17-30-24/h4-15,17-18,27H,16,19-20H2,1-3H3. The van der Waals surface area contributed by atoms with E-state index in [4.69, 9.17) is 4.74 Å². The van der Waals surface area contributed by atoms with E-state index >= 15 is 0 Å². The fourth-order valence-corrected chi connectivity index (χ4v) is 4.16. The second-order valence-electron chi connectivity index (χ2n) is 9.25. The van der Waals surface area contributed by atoms with Crippen LogP contribution >= 0.6 is 0 Å². The molecule has 4 nitrogen and oxygen atoms in total. The zero-order valence-corrected chi connectivity index (χ0v) is 19.4. The summed E-state index contributed by atoms with van der Waals surface area (Å²) in [6, 6.07) is 24.6. The van der Waals surface area contributed by atoms with Crippen molar-refractivity contribution in [3.8, 4) is 17.0 Å². The van der Waals surface area contributed by atoms with Crippen LogP contribution in [-0.4, -0.2) is 21.4 Å². The number of nitrogens with zero attached hydrogens (tertiary/aromatic N) is 3. The number of benzene rings is 2. The molecule has 0 saturated carbocycles. The zero-order chi connectivity index (χ0) is 23.3. The lowest BCUT2D eigenvalue weighted by molar-refractivity contribution is 0.301. The first kappa shape index (κ1) is 22.7. The Bertz CT molecular complexity index is 1150. The fraction of sp³-hybridized carbons (Fsp3) is 0.286. The second-order valence-corrected chi connectivity index (χ2v) is 9.25. The Morgan fingerprint density at radius 1 is 0.909 bits per heavy atom. The molecule has 0 aliphatic carbocycles. The smallest absolute Gasteiger partial charge is 0.130 e. The van der Waals surface area contributed by atoms with Crippen LogP contribution in [0.5, 0.6) is 5.75 Å². The van der Waals surface area contributed by atoms with E-state index in [2.05, 4.69) is 67.3 Å². The summed E-state index contributed by atoms with van der Waals surface area (Å²) in [7, 11) is 0. The third kappa shape index (κ3) is 5.67. The van der Waals surface area contributed by atoms with Crippen molar-refractivity contribution in [2.24, 2.45) is 5.41 Å². The molecule has 4 rings (SSSR count). The molecular formula is C28H30FN3O. The van der Waals surface area contributed by atoms with E-state index in [1.807, 2.05) is 42.6 Å². The van der Waals surface area contributed by atoms with Crippen LogP contribution in [0.1, 0.15) is 43.5 Å². The topological polar surface area (TPSA) is 39.9 Å². The molecule has 0 amide bonds. The molecule has 0 aliphatic rings. The molecule has 0 spiro atoms. The molecule has 0 radical (unpaired) electrons. The van der Waals surface area contributed by atoms with Gasteiger partial charge in [-0.2, -0.15) is 5.10 Å². The SMILES string of the molecule is CC(C)(C)C(c1ccc(OCc2ccccn2)cc1)c1ccc(-c2ccn(CCF)n2)cc1. The molecule has 5 heteroatoms. The molecule has 0 bridgehead atoms. The van der Waals surface area contributed by atoms with Crippen molar-refractivity contribution >= 4 is 0 Å². The normalized spacial score (nSPS) is 12.5. The third-order valence-electron chi connectivity index (χ3n) is 5.69. The predicted octanol–water partition coefficient (Wildman–Crippen LogP) is 6.67. The summed E-state index contributed by atoms with van der Waals surface area (Å²) in [6.45, 7) is 7.10. The highest BCUT2D eigenvalue weighted by Crippen LogP contribution is 2.41. The van der Waals surface area contributed by atoms with Gasteiger partial charge in [-0.25, -0.2) is 4.39 Å². The van der Waals surface area contributed by atoms with Gasteiger partial charge in [0, 0.05) is 23.9 Å². The van der Waals surface area contributed by atoms with Crippen LogP contribution in [0, 0.1) is 5.41 Å². The van der Waals surface area contributed by atoms with Gasteiger partial charge in [-0.3, -0.25) is 9.67 Å². The molecular weight excluding hydrogens is 413 g/mol. The minimum absolute atomic E-state index is 0.0283. The summed E-state index contributed by atoms with van der Waals surface area (Å²) in [5.41, 5.74) is 5.31. The van der Waals surface area contributed by atoms with Gasteiger partial charge < -0.3 is 4.74 Å². The number of halogens is 1. The van der Waals surface area contributed by atoms with Gasteiger partial charge in [0.1, 0.15) is 19.0 Å². The number of aryl methyl sites for hydroxylation is 1. The molecule has 33 heavy (non-hydrogen) atoms. The maximum Gasteiger partial charge on any atom is 0.130 e. The predicted molar refractivity (Wildman–Crippen MR) is 130 cm³/mol. The number of rotatable bonds is 8. The van der Waals surface area contributed by atoms with Crippen molar-refractivity contribution in [3.05, 3.63) is 102 Å². The van der Waals surface area contributed by atoms with Crippen LogP contribution in [-0.2, 0) is 13.2 Å². The Morgan fingerprint density at radius 2 is 1.61 bits per heavy atom. The van der Waals surface area contributed by atoms with Crippen molar-refractivity contribution in [2.75, 3.05) is 6.67 Å². The van der Waals surface area contributed by atoms with Crippen LogP contribution < -0.4 is 4.74 Å². The van der Waals surface area contributed by atoms with Gasteiger partial charge in [0.25, 0.3) is 0 Å². The third-order valence-corrected chi connectivity index (χ3v) is 5.69. The number of alkyl halides is 1. The van der Waals surface area contributed by atoms with Gasteiger partial charge in [0.15, 0.2) is 0 Å². The number of aromatic nitrogens is 3. The Balaban J connectivity index is 1.52. The molecule has 2 aromatic carbocycles. The highest BCUT2D eigenvalue weighted by molar-refractivity contribution is 5.59. The molecule has 1 unspecified atom stereocenters. The fourth-order valence-electron chi connectivity index (χ4n) is 4.16. The Hall–Kier alpha value is -3.47. The van der Waals surface area contributed by atoms with Crippen molar-refractivity contribution in [3.63, 3.8) is 0 Å². The average Bonchev–Trinajstić information content (AvgIpc) is 3.28. The first-order chi connectivity index (χ1) is 15.9. The van der Waals surface area contributed by atoms with Crippen molar-refractivity contribution < 1.29 is 9.13 Å². The highest BCUT2D eigenvalue weighted by Gasteiger charge is 2.28. The second kappa shape index (κ2) is 9.99. The van der Waals surface area contributed by atoms with E-state index in [0.29, 0.717) is 6.61 Å². The van der Waals surface area contributed by atoms with Gasteiger partial charge in [-0.1, -0.05) is 63.2 Å². The van der Waals surface area contributed by atoms with Crippen molar-refractivity contribution in [1.29, 1.82) is 0 Å². The van der Waals surface area contributed by atoms with Crippen molar-refractivity contribution in [2.45, 2.75) is 39.8 Å². The largest absolute Gasteiger partial charge is 0.487 e. The first-order valence-electron chi connectivity index (χ1n) is 11.3. The summed E-state index contributed by atoms with van der Waals surface area (Å²) in [5, 5.41) is 4.46. The summed E-state index contributed by atoms with van der Waals surface area (Å²) < 4.78 is 20.1. The number of pyridine rings is 1. The molecule has 2 aromatic heterocycles. The van der Waals surface area contributed by atoms with Crippen LogP contribution in [0.4, 0.5) is 4.39 Å². The minimum atomic E-state index is -0.416. The zero-order valence-electron chi connectivity index (χ0n) is 19.4. The summed E-state index contributed by atoms with van der Waals surface area (Å²) in [5.74, 6) is 1.05. The Morgan fingerprint density at radius 3 is 2.21 bits per heavy atom. The summed E-state index contributed by atoms with van der Waals surface area (Å²) >= 11 is 0. The van der Waals surface area contributed by atoms with Crippen LogP contribution in [0.2, 0.25) is 0 Å². The number of hydrogen-bond donors (Lipinski definition) is 0. The maximum absolute atomic E-state index is 12.6.